The van der Waals surface area contributed by atoms with Gasteiger partial charge in [-0.25, -0.2) is 9.78 Å². The number of hydrogen-bond acceptors (Lipinski definition) is 5. The molecule has 0 aromatic carbocycles. The Labute approximate surface area is 174 Å². The molecule has 10 nitrogen and oxygen atoms in total. The van der Waals surface area contributed by atoms with Crippen molar-refractivity contribution >= 4 is 17.1 Å². The van der Waals surface area contributed by atoms with E-state index >= 15 is 0 Å². The van der Waals surface area contributed by atoms with Gasteiger partial charge in [-0.2, -0.15) is 5.10 Å². The fourth-order valence-electron chi connectivity index (χ4n) is 3.57. The molecular weight excluding hydrogens is 386 g/mol. The van der Waals surface area contributed by atoms with Crippen molar-refractivity contribution in [3.63, 3.8) is 0 Å². The zero-order valence-corrected chi connectivity index (χ0v) is 18.2. The summed E-state index contributed by atoms with van der Waals surface area (Å²) in [6.45, 7) is 7.87. The average molecular weight is 415 g/mol. The molecule has 3 aromatic rings. The van der Waals surface area contributed by atoms with E-state index in [0.717, 1.165) is 22.5 Å². The topological polar surface area (TPSA) is 109 Å². The maximum Gasteiger partial charge on any atom is 0.332 e. The normalized spacial score (nSPS) is 12.4. The van der Waals surface area contributed by atoms with Gasteiger partial charge in [0.1, 0.15) is 0 Å². The van der Waals surface area contributed by atoms with Crippen LogP contribution in [0.4, 0.5) is 0 Å². The Kier molecular flexibility index (Phi) is 6.23. The quantitative estimate of drug-likeness (QED) is 0.576. The van der Waals surface area contributed by atoms with E-state index < -0.39 is 5.69 Å². The molecule has 3 rings (SSSR count). The number of hydrogen-bond donors (Lipinski definition) is 1. The second kappa shape index (κ2) is 8.68. The van der Waals surface area contributed by atoms with Crippen LogP contribution in [0.2, 0.25) is 0 Å². The van der Waals surface area contributed by atoms with Crippen LogP contribution < -0.4 is 16.6 Å². The van der Waals surface area contributed by atoms with Crippen LogP contribution in [0.5, 0.6) is 0 Å². The standard InChI is InChI=1S/C20H29N7O3/c1-13(11-27-15(3)9-14(2)23-27)10-21-16(28)7-6-8-26-12-22-18-17(26)19(29)25(5)20(30)24(18)4/h9,12-13H,6-8,10-11H2,1-5H3,(H,21,28)/t13-/m1/s1. The summed E-state index contributed by atoms with van der Waals surface area (Å²) in [6.07, 6.45) is 2.45. The van der Waals surface area contributed by atoms with Gasteiger partial charge in [0.05, 0.1) is 12.0 Å². The molecule has 0 spiro atoms. The predicted molar refractivity (Wildman–Crippen MR) is 113 cm³/mol. The van der Waals surface area contributed by atoms with Gasteiger partial charge in [-0.1, -0.05) is 6.92 Å². The lowest BCUT2D eigenvalue weighted by Crippen LogP contribution is -2.37. The van der Waals surface area contributed by atoms with Gasteiger partial charge < -0.3 is 9.88 Å². The molecule has 3 heterocycles. The first-order valence-electron chi connectivity index (χ1n) is 10.1. The van der Waals surface area contributed by atoms with Crippen LogP contribution in [0.1, 0.15) is 31.2 Å². The first-order valence-corrected chi connectivity index (χ1v) is 10.1. The number of fused-ring (bicyclic) bond motifs is 1. The molecule has 0 aliphatic rings. The van der Waals surface area contributed by atoms with Crippen molar-refractivity contribution in [2.24, 2.45) is 20.0 Å². The van der Waals surface area contributed by atoms with Gasteiger partial charge in [0.2, 0.25) is 5.91 Å². The van der Waals surface area contributed by atoms with Crippen molar-refractivity contribution < 1.29 is 4.79 Å². The lowest BCUT2D eigenvalue weighted by Gasteiger charge is -2.14. The Bertz CT molecular complexity index is 1180. The van der Waals surface area contributed by atoms with Crippen LogP contribution in [-0.4, -0.2) is 40.9 Å². The first-order chi connectivity index (χ1) is 14.2. The van der Waals surface area contributed by atoms with Crippen molar-refractivity contribution in [1.82, 2.24) is 33.8 Å². The molecule has 3 aromatic heterocycles. The molecule has 0 saturated carbocycles. The molecular formula is C20H29N7O3. The highest BCUT2D eigenvalue weighted by atomic mass is 16.2. The fourth-order valence-corrected chi connectivity index (χ4v) is 3.57. The third-order valence-electron chi connectivity index (χ3n) is 5.26. The molecule has 1 amide bonds. The number of amides is 1. The van der Waals surface area contributed by atoms with E-state index in [0.29, 0.717) is 37.1 Å². The molecule has 1 atom stereocenters. The highest BCUT2D eigenvalue weighted by Crippen LogP contribution is 2.08. The minimum absolute atomic E-state index is 0.0278. The summed E-state index contributed by atoms with van der Waals surface area (Å²) in [7, 11) is 3.03. The average Bonchev–Trinajstić information content (AvgIpc) is 3.26. The minimum atomic E-state index is -0.410. The Morgan fingerprint density at radius 2 is 1.93 bits per heavy atom. The first kappa shape index (κ1) is 21.5. The Morgan fingerprint density at radius 3 is 2.60 bits per heavy atom. The number of imidazole rings is 1. The molecule has 0 bridgehead atoms. The van der Waals surface area contributed by atoms with Crippen molar-refractivity contribution in [2.75, 3.05) is 6.54 Å². The van der Waals surface area contributed by atoms with E-state index in [4.69, 9.17) is 0 Å². The summed E-state index contributed by atoms with van der Waals surface area (Å²) in [4.78, 5) is 40.8. The zero-order chi connectivity index (χ0) is 22.0. The van der Waals surface area contributed by atoms with Gasteiger partial charge in [-0.15, -0.1) is 0 Å². The Balaban J connectivity index is 1.52. The largest absolute Gasteiger partial charge is 0.356 e. The van der Waals surface area contributed by atoms with Gasteiger partial charge in [0.25, 0.3) is 5.56 Å². The molecule has 0 saturated heterocycles. The van der Waals surface area contributed by atoms with Crippen molar-refractivity contribution in [1.29, 1.82) is 0 Å². The SMILES string of the molecule is Cc1cc(C)n(C[C@H](C)CNC(=O)CCCn2cnc3c2c(=O)n(C)c(=O)n3C)n1. The Morgan fingerprint density at radius 1 is 1.20 bits per heavy atom. The third kappa shape index (κ3) is 4.37. The van der Waals surface area contributed by atoms with E-state index in [9.17, 15) is 14.4 Å². The van der Waals surface area contributed by atoms with Crippen molar-refractivity contribution in [3.05, 3.63) is 44.6 Å². The number of rotatable bonds is 8. The summed E-state index contributed by atoms with van der Waals surface area (Å²) in [5.41, 5.74) is 2.04. The molecule has 0 fully saturated rings. The second-order valence-electron chi connectivity index (χ2n) is 7.94. The maximum absolute atomic E-state index is 12.4. The summed E-state index contributed by atoms with van der Waals surface area (Å²) in [5, 5.41) is 7.42. The molecule has 0 aliphatic heterocycles. The van der Waals surface area contributed by atoms with E-state index in [1.54, 1.807) is 17.9 Å². The highest BCUT2D eigenvalue weighted by Gasteiger charge is 2.14. The predicted octanol–water partition coefficient (Wildman–Crippen LogP) is 0.480. The smallest absolute Gasteiger partial charge is 0.332 e. The molecule has 0 aliphatic carbocycles. The lowest BCUT2D eigenvalue weighted by molar-refractivity contribution is -0.121. The van der Waals surface area contributed by atoms with Crippen LogP contribution in [0.15, 0.2) is 22.0 Å². The monoisotopic (exact) mass is 415 g/mol. The lowest BCUT2D eigenvalue weighted by atomic mass is 10.1. The van der Waals surface area contributed by atoms with E-state index in [1.807, 2.05) is 24.6 Å². The summed E-state index contributed by atoms with van der Waals surface area (Å²) < 4.78 is 6.08. The van der Waals surface area contributed by atoms with Gasteiger partial charge in [0.15, 0.2) is 11.2 Å². The number of nitrogens with zero attached hydrogens (tertiary/aromatic N) is 6. The van der Waals surface area contributed by atoms with Crippen LogP contribution >= 0.6 is 0 Å². The molecule has 10 heteroatoms. The zero-order valence-electron chi connectivity index (χ0n) is 18.2. The number of nitrogens with one attached hydrogen (secondary N) is 1. The summed E-state index contributed by atoms with van der Waals surface area (Å²) >= 11 is 0. The number of carbonyl (C=O) groups excluding carboxylic acids is 1. The Hall–Kier alpha value is -3.17. The number of aryl methyl sites for hydroxylation is 4. The maximum atomic E-state index is 12.4. The molecule has 0 unspecified atom stereocenters. The van der Waals surface area contributed by atoms with Crippen LogP contribution in [0, 0.1) is 19.8 Å². The summed E-state index contributed by atoms with van der Waals surface area (Å²) in [5.74, 6) is 0.230. The molecule has 162 valence electrons. The highest BCUT2D eigenvalue weighted by molar-refractivity contribution is 5.75. The van der Waals surface area contributed by atoms with Gasteiger partial charge >= 0.3 is 5.69 Å². The van der Waals surface area contributed by atoms with Gasteiger partial charge in [0, 0.05) is 45.8 Å². The second-order valence-corrected chi connectivity index (χ2v) is 7.94. The van der Waals surface area contributed by atoms with Crippen LogP contribution in [0.3, 0.4) is 0 Å². The van der Waals surface area contributed by atoms with Gasteiger partial charge in [-0.05, 0) is 32.3 Å². The molecule has 0 radical (unpaired) electrons. The fraction of sp³-hybridized carbons (Fsp3) is 0.550. The van der Waals surface area contributed by atoms with E-state index in [1.165, 1.54) is 11.6 Å². The number of aromatic nitrogens is 6. The van der Waals surface area contributed by atoms with E-state index in [-0.39, 0.29) is 17.4 Å². The minimum Gasteiger partial charge on any atom is -0.356 e. The summed E-state index contributed by atoms with van der Waals surface area (Å²) in [6, 6.07) is 2.04. The van der Waals surface area contributed by atoms with Gasteiger partial charge in [-0.3, -0.25) is 23.4 Å². The molecule has 1 N–H and O–H groups in total. The third-order valence-corrected chi connectivity index (χ3v) is 5.26. The van der Waals surface area contributed by atoms with E-state index in [2.05, 4.69) is 22.3 Å². The van der Waals surface area contributed by atoms with Crippen molar-refractivity contribution in [3.8, 4) is 0 Å². The number of carbonyl (C=O) groups is 1. The van der Waals surface area contributed by atoms with Crippen LogP contribution in [-0.2, 0) is 32.0 Å². The molecule has 30 heavy (non-hydrogen) atoms. The van der Waals surface area contributed by atoms with Crippen LogP contribution in [0.25, 0.3) is 11.2 Å². The van der Waals surface area contributed by atoms with Crippen molar-refractivity contribution in [2.45, 2.75) is 46.7 Å².